The number of anilines is 1. The van der Waals surface area contributed by atoms with Crippen LogP contribution in [0.2, 0.25) is 0 Å². The molecule has 1 N–H and O–H groups in total. The summed E-state index contributed by atoms with van der Waals surface area (Å²) in [5, 5.41) is 10.2. The van der Waals surface area contributed by atoms with Gasteiger partial charge >= 0.3 is 0 Å². The molecular weight excluding hydrogens is 338 g/mol. The van der Waals surface area contributed by atoms with Crippen LogP contribution in [0.1, 0.15) is 45.4 Å². The van der Waals surface area contributed by atoms with Gasteiger partial charge in [-0.05, 0) is 31.9 Å². The third kappa shape index (κ3) is 4.93. The van der Waals surface area contributed by atoms with Gasteiger partial charge in [0, 0.05) is 6.04 Å². The van der Waals surface area contributed by atoms with Crippen LogP contribution in [0, 0.1) is 0 Å². The molecule has 0 bridgehead atoms. The van der Waals surface area contributed by atoms with Crippen LogP contribution in [0.4, 0.5) is 5.69 Å². The first-order valence-corrected chi connectivity index (χ1v) is 10.6. The fourth-order valence-corrected chi connectivity index (χ4v) is 5.17. The number of thioether (sulfide) groups is 2. The molecular formula is C18H25N3OS2. The molecule has 1 aliphatic carbocycles. The summed E-state index contributed by atoms with van der Waals surface area (Å²) >= 11 is 3.27. The third-order valence-corrected chi connectivity index (χ3v) is 6.57. The van der Waals surface area contributed by atoms with Gasteiger partial charge in [-0.2, -0.15) is 5.10 Å². The molecule has 1 aromatic carbocycles. The van der Waals surface area contributed by atoms with Gasteiger partial charge in [-0.3, -0.25) is 9.80 Å². The number of rotatable bonds is 4. The molecule has 6 heteroatoms. The van der Waals surface area contributed by atoms with Crippen molar-refractivity contribution in [2.24, 2.45) is 5.10 Å². The summed E-state index contributed by atoms with van der Waals surface area (Å²) in [5.74, 6) is 0.596. The van der Waals surface area contributed by atoms with E-state index in [-0.39, 0.29) is 11.3 Å². The van der Waals surface area contributed by atoms with E-state index in [2.05, 4.69) is 29.5 Å². The van der Waals surface area contributed by atoms with Crippen LogP contribution in [0.3, 0.4) is 0 Å². The molecule has 0 radical (unpaired) electrons. The van der Waals surface area contributed by atoms with Crippen LogP contribution in [-0.4, -0.2) is 27.5 Å². The minimum atomic E-state index is 0.140. The second kappa shape index (κ2) is 8.81. The van der Waals surface area contributed by atoms with Gasteiger partial charge in [-0.25, -0.2) is 0 Å². The van der Waals surface area contributed by atoms with E-state index in [9.17, 15) is 4.79 Å². The summed E-state index contributed by atoms with van der Waals surface area (Å²) in [6.07, 6.45) is 7.35. The van der Waals surface area contributed by atoms with E-state index >= 15 is 0 Å². The molecule has 4 nitrogen and oxygen atoms in total. The Hall–Kier alpha value is -1.14. The van der Waals surface area contributed by atoms with E-state index in [1.807, 2.05) is 23.2 Å². The molecule has 3 rings (SSSR count). The molecule has 1 heterocycles. The average molecular weight is 364 g/mol. The monoisotopic (exact) mass is 363 g/mol. The molecule has 1 amide bonds. The fourth-order valence-electron chi connectivity index (χ4n) is 3.12. The van der Waals surface area contributed by atoms with Gasteiger partial charge < -0.3 is 5.32 Å². The Bertz CT molecular complexity index is 571. The molecule has 1 atom stereocenters. The van der Waals surface area contributed by atoms with E-state index in [1.165, 1.54) is 25.7 Å². The number of para-hydroxylation sites is 1. The minimum absolute atomic E-state index is 0.140. The van der Waals surface area contributed by atoms with Gasteiger partial charge in [0.15, 0.2) is 4.38 Å². The molecule has 1 fully saturated rings. The molecule has 1 aliphatic heterocycles. The van der Waals surface area contributed by atoms with E-state index in [0.717, 1.165) is 22.9 Å². The summed E-state index contributed by atoms with van der Waals surface area (Å²) in [4.78, 5) is 12.2. The maximum atomic E-state index is 12.2. The Morgan fingerprint density at radius 2 is 1.96 bits per heavy atom. The zero-order valence-electron chi connectivity index (χ0n) is 14.1. The molecule has 0 aromatic heterocycles. The summed E-state index contributed by atoms with van der Waals surface area (Å²) < 4.78 is 0.974. The van der Waals surface area contributed by atoms with Crippen molar-refractivity contribution in [1.29, 1.82) is 0 Å². The van der Waals surface area contributed by atoms with Crippen molar-refractivity contribution in [3.8, 4) is 0 Å². The number of carbonyl (C=O) groups is 1. The smallest absolute Gasteiger partial charge is 0.230 e. The van der Waals surface area contributed by atoms with Crippen molar-refractivity contribution in [3.05, 3.63) is 30.3 Å². The normalized spacial score (nSPS) is 22.1. The van der Waals surface area contributed by atoms with Crippen molar-refractivity contribution in [1.82, 2.24) is 5.32 Å². The molecule has 0 spiro atoms. The van der Waals surface area contributed by atoms with Crippen molar-refractivity contribution in [2.45, 2.75) is 56.9 Å². The SMILES string of the molecule is C[C@H]1SC(SCC(=O)NC2CCCCCC2)=NN1c1ccccc1. The predicted molar refractivity (Wildman–Crippen MR) is 105 cm³/mol. The first kappa shape index (κ1) is 17.7. The summed E-state index contributed by atoms with van der Waals surface area (Å²) in [7, 11) is 0. The number of nitrogens with zero attached hydrogens (tertiary/aromatic N) is 2. The minimum Gasteiger partial charge on any atom is -0.353 e. The topological polar surface area (TPSA) is 44.7 Å². The summed E-state index contributed by atoms with van der Waals surface area (Å²) in [6.45, 7) is 2.14. The lowest BCUT2D eigenvalue weighted by molar-refractivity contribution is -0.119. The van der Waals surface area contributed by atoms with E-state index in [1.54, 1.807) is 23.5 Å². The Balaban J connectivity index is 1.48. The number of hydrazone groups is 1. The van der Waals surface area contributed by atoms with Gasteiger partial charge in [0.1, 0.15) is 5.37 Å². The Morgan fingerprint density at radius 1 is 1.25 bits per heavy atom. The largest absolute Gasteiger partial charge is 0.353 e. The fraction of sp³-hybridized carbons (Fsp3) is 0.556. The highest BCUT2D eigenvalue weighted by Gasteiger charge is 2.25. The number of benzene rings is 1. The molecule has 130 valence electrons. The van der Waals surface area contributed by atoms with Crippen LogP contribution >= 0.6 is 23.5 Å². The molecule has 1 saturated carbocycles. The van der Waals surface area contributed by atoms with Crippen LogP contribution < -0.4 is 10.3 Å². The maximum absolute atomic E-state index is 12.2. The zero-order chi connectivity index (χ0) is 16.8. The number of carbonyl (C=O) groups excluding carboxylic acids is 1. The average Bonchev–Trinajstić information content (AvgIpc) is 2.79. The predicted octanol–water partition coefficient (Wildman–Crippen LogP) is 4.43. The van der Waals surface area contributed by atoms with E-state index in [0.29, 0.717) is 11.8 Å². The zero-order valence-corrected chi connectivity index (χ0v) is 15.7. The van der Waals surface area contributed by atoms with Crippen molar-refractivity contribution < 1.29 is 4.79 Å². The number of hydrogen-bond acceptors (Lipinski definition) is 5. The lowest BCUT2D eigenvalue weighted by Crippen LogP contribution is -2.35. The quantitative estimate of drug-likeness (QED) is 0.804. The highest BCUT2D eigenvalue weighted by molar-refractivity contribution is 8.39. The van der Waals surface area contributed by atoms with Crippen LogP contribution in [0.25, 0.3) is 0 Å². The van der Waals surface area contributed by atoms with Gasteiger partial charge in [0.2, 0.25) is 5.91 Å². The number of hydrogen-bond donors (Lipinski definition) is 1. The lowest BCUT2D eigenvalue weighted by Gasteiger charge is -2.18. The van der Waals surface area contributed by atoms with Gasteiger partial charge in [0.05, 0.1) is 11.4 Å². The molecule has 0 unspecified atom stereocenters. The second-order valence-corrected chi connectivity index (χ2v) is 8.83. The lowest BCUT2D eigenvalue weighted by atomic mass is 10.1. The van der Waals surface area contributed by atoms with Crippen molar-refractivity contribution in [3.63, 3.8) is 0 Å². The van der Waals surface area contributed by atoms with E-state index in [4.69, 9.17) is 0 Å². The first-order valence-electron chi connectivity index (χ1n) is 8.74. The van der Waals surface area contributed by atoms with Gasteiger partial charge in [0.25, 0.3) is 0 Å². The third-order valence-electron chi connectivity index (χ3n) is 4.37. The Morgan fingerprint density at radius 3 is 2.67 bits per heavy atom. The molecule has 2 aliphatic rings. The highest BCUT2D eigenvalue weighted by Crippen LogP contribution is 2.34. The Kier molecular flexibility index (Phi) is 6.49. The van der Waals surface area contributed by atoms with Crippen LogP contribution in [0.5, 0.6) is 0 Å². The number of nitrogens with one attached hydrogen (secondary N) is 1. The van der Waals surface area contributed by atoms with Crippen LogP contribution in [0.15, 0.2) is 35.4 Å². The van der Waals surface area contributed by atoms with E-state index < -0.39 is 0 Å². The molecule has 24 heavy (non-hydrogen) atoms. The summed E-state index contributed by atoms with van der Waals surface area (Å²) in [5.41, 5.74) is 1.09. The van der Waals surface area contributed by atoms with Gasteiger partial charge in [-0.15, -0.1) is 0 Å². The Labute approximate surface area is 152 Å². The molecule has 1 aromatic rings. The first-order chi connectivity index (χ1) is 11.7. The maximum Gasteiger partial charge on any atom is 0.230 e. The van der Waals surface area contributed by atoms with Crippen molar-refractivity contribution in [2.75, 3.05) is 10.8 Å². The molecule has 0 saturated heterocycles. The van der Waals surface area contributed by atoms with Crippen LogP contribution in [-0.2, 0) is 4.79 Å². The van der Waals surface area contributed by atoms with Gasteiger partial charge in [-0.1, -0.05) is 67.4 Å². The standard InChI is InChI=1S/C18H25N3OS2/c1-14-21(16-11-7-4-8-12-16)20-18(24-14)23-13-17(22)19-15-9-5-2-3-6-10-15/h4,7-8,11-12,14-15H,2-3,5-6,9-10,13H2,1H3,(H,19,22)/t14-/m1/s1. The highest BCUT2D eigenvalue weighted by atomic mass is 32.2. The number of amides is 1. The van der Waals surface area contributed by atoms with Crippen molar-refractivity contribution >= 4 is 39.5 Å². The summed E-state index contributed by atoms with van der Waals surface area (Å²) in [6, 6.07) is 10.5. The second-order valence-electron chi connectivity index (χ2n) is 6.31.